The van der Waals surface area contributed by atoms with E-state index in [4.69, 9.17) is 9.47 Å². The molecule has 1 unspecified atom stereocenters. The summed E-state index contributed by atoms with van der Waals surface area (Å²) < 4.78 is 46.2. The number of urea groups is 1. The molecule has 6 heterocycles. The van der Waals surface area contributed by atoms with Crippen molar-refractivity contribution in [1.82, 2.24) is 29.6 Å². The fraction of sp³-hybridized carbons (Fsp3) is 0.298. The Hall–Kier alpha value is -7.43. The number of aromatic nitrogens is 5. The number of benzene rings is 3. The van der Waals surface area contributed by atoms with E-state index in [-0.39, 0.29) is 37.5 Å². The molecule has 9 rings (SSSR count). The number of piperidine rings is 2. The lowest BCUT2D eigenvalue weighted by Gasteiger charge is -2.34. The number of nitrogens with zero attached hydrogens (tertiary/aromatic N) is 8. The van der Waals surface area contributed by atoms with Gasteiger partial charge in [0.1, 0.15) is 29.0 Å². The van der Waals surface area contributed by atoms with E-state index in [1.165, 1.54) is 30.9 Å². The SMILES string of the molecule is CCc1c(-c2ccc(-n3c(OC)nn(C)c3=O)cc2Oc2ccc(C3CCN(c4ccc(C5CCC(=O)NC5=O)cc4F)CC3)c(F)c2)ccnc1N1CCN(c2cccnc2)C1=O.[HH]. The summed E-state index contributed by atoms with van der Waals surface area (Å²) in [4.78, 5) is 65.2. The Kier molecular flexibility index (Phi) is 11.4. The molecule has 330 valence electrons. The van der Waals surface area contributed by atoms with Gasteiger partial charge in [-0.1, -0.05) is 19.1 Å². The van der Waals surface area contributed by atoms with Gasteiger partial charge < -0.3 is 14.4 Å². The summed E-state index contributed by atoms with van der Waals surface area (Å²) in [5, 5.41) is 6.52. The third-order valence-corrected chi connectivity index (χ3v) is 12.3. The predicted octanol–water partition coefficient (Wildman–Crippen LogP) is 7.27. The minimum atomic E-state index is -0.582. The number of anilines is 3. The van der Waals surface area contributed by atoms with E-state index in [0.717, 1.165) is 15.8 Å². The van der Waals surface area contributed by atoms with Crippen molar-refractivity contribution >= 4 is 35.0 Å². The highest BCUT2D eigenvalue weighted by Crippen LogP contribution is 2.42. The summed E-state index contributed by atoms with van der Waals surface area (Å²) in [5.74, 6) is -1.34. The Labute approximate surface area is 368 Å². The monoisotopic (exact) mass is 871 g/mol. The number of pyridine rings is 2. The summed E-state index contributed by atoms with van der Waals surface area (Å²) in [6.45, 7) is 3.81. The van der Waals surface area contributed by atoms with Crippen LogP contribution in [0.2, 0.25) is 0 Å². The molecule has 0 spiro atoms. The van der Waals surface area contributed by atoms with Crippen molar-refractivity contribution in [3.8, 4) is 34.3 Å². The molecular formula is C47H47F2N9O6. The van der Waals surface area contributed by atoms with Gasteiger partial charge in [0.05, 0.1) is 36.3 Å². The van der Waals surface area contributed by atoms with Crippen LogP contribution >= 0.6 is 0 Å². The maximum Gasteiger partial charge on any atom is 0.353 e. The number of methoxy groups -OCH3 is 1. The summed E-state index contributed by atoms with van der Waals surface area (Å²) in [5.41, 5.74) is 4.23. The van der Waals surface area contributed by atoms with Gasteiger partial charge in [0, 0.05) is 76.7 Å². The first-order chi connectivity index (χ1) is 31.0. The Morgan fingerprint density at radius 3 is 2.38 bits per heavy atom. The number of amides is 4. The molecule has 3 fully saturated rings. The van der Waals surface area contributed by atoms with Crippen LogP contribution in [0.15, 0.2) is 96.2 Å². The van der Waals surface area contributed by atoms with Crippen LogP contribution in [0.1, 0.15) is 62.6 Å². The van der Waals surface area contributed by atoms with E-state index in [1.54, 1.807) is 76.9 Å². The van der Waals surface area contributed by atoms with Gasteiger partial charge in [0.2, 0.25) is 11.8 Å². The number of carbonyl (C=O) groups is 3. The van der Waals surface area contributed by atoms with Gasteiger partial charge in [-0.25, -0.2) is 32.6 Å². The molecule has 4 amide bonds. The zero-order valence-corrected chi connectivity index (χ0v) is 35.5. The highest BCUT2D eigenvalue weighted by molar-refractivity contribution is 6.06. The highest BCUT2D eigenvalue weighted by Gasteiger charge is 2.34. The number of rotatable bonds is 11. The molecule has 0 saturated carbocycles. The number of hydrogen-bond acceptors (Lipinski definition) is 10. The first kappa shape index (κ1) is 41.9. The van der Waals surface area contributed by atoms with Crippen LogP contribution in [0, 0.1) is 11.6 Å². The minimum absolute atomic E-state index is 0. The van der Waals surface area contributed by atoms with Crippen LogP contribution in [-0.4, -0.2) is 75.4 Å². The van der Waals surface area contributed by atoms with Crippen molar-refractivity contribution < 1.29 is 34.1 Å². The van der Waals surface area contributed by atoms with Gasteiger partial charge >= 0.3 is 17.7 Å². The standard InChI is InChI=1S/C47H45F2N9O6.H2/c1-4-33-36(15-19-51-43(33)57-23-22-56(47(57)62)31-6-5-18-50-27-31)37-10-8-30(58-45(63-3)53-54(2)46(58)61)25-41(37)64-32-9-11-34(38(48)26-32)28-16-20-55(21-17-28)40-13-7-29(24-39(40)49)35-12-14-42(59)52-44(35)60;/h5-11,13,15,18-19,24-28,35H,4,12,14,16-17,20-23H2,1-3H3,(H,52,59,60);1H. The van der Waals surface area contributed by atoms with Gasteiger partial charge in [0.15, 0.2) is 0 Å². The van der Waals surface area contributed by atoms with Crippen LogP contribution in [0.4, 0.5) is 30.8 Å². The average molecular weight is 872 g/mol. The van der Waals surface area contributed by atoms with E-state index in [1.807, 2.05) is 24.0 Å². The number of ether oxygens (including phenoxy) is 2. The second-order valence-electron chi connectivity index (χ2n) is 16.0. The molecule has 0 bridgehead atoms. The molecular weight excluding hydrogens is 825 g/mol. The Bertz CT molecular complexity index is 2850. The number of halogens is 2. The normalized spacial score (nSPS) is 17.0. The number of carbonyl (C=O) groups excluding carboxylic acids is 3. The van der Waals surface area contributed by atoms with Crippen molar-refractivity contribution in [2.45, 2.75) is 50.9 Å². The van der Waals surface area contributed by atoms with E-state index >= 15 is 8.78 Å². The second-order valence-corrected chi connectivity index (χ2v) is 16.0. The average Bonchev–Trinajstić information content (AvgIpc) is 3.83. The largest absolute Gasteiger partial charge is 0.467 e. The van der Waals surface area contributed by atoms with Gasteiger partial charge in [-0.15, -0.1) is 5.10 Å². The number of imide groups is 1. The number of hydrogen-bond donors (Lipinski definition) is 1. The fourth-order valence-electron chi connectivity index (χ4n) is 9.02. The zero-order valence-electron chi connectivity index (χ0n) is 35.5. The predicted molar refractivity (Wildman–Crippen MR) is 237 cm³/mol. The highest BCUT2D eigenvalue weighted by atomic mass is 19.1. The van der Waals surface area contributed by atoms with Gasteiger partial charge in [0.25, 0.3) is 0 Å². The third kappa shape index (κ3) is 7.81. The van der Waals surface area contributed by atoms with Crippen LogP contribution in [0.25, 0.3) is 16.8 Å². The quantitative estimate of drug-likeness (QED) is 0.131. The van der Waals surface area contributed by atoms with Crippen LogP contribution < -0.4 is 35.2 Å². The number of nitrogens with one attached hydrogen (secondary N) is 1. The molecule has 3 aliphatic rings. The van der Waals surface area contributed by atoms with E-state index in [2.05, 4.69) is 20.4 Å². The lowest BCUT2D eigenvalue weighted by molar-refractivity contribution is -0.134. The van der Waals surface area contributed by atoms with Gasteiger partial charge in [-0.2, -0.15) is 0 Å². The topological polar surface area (TPSA) is 157 Å². The Balaban J connectivity index is 0.00000576. The van der Waals surface area contributed by atoms with Crippen molar-refractivity contribution in [2.24, 2.45) is 7.05 Å². The fourth-order valence-corrected chi connectivity index (χ4v) is 9.02. The van der Waals surface area contributed by atoms with Crippen LogP contribution in [0.5, 0.6) is 17.5 Å². The third-order valence-electron chi connectivity index (χ3n) is 12.3. The zero-order chi connectivity index (χ0) is 44.6. The molecule has 3 aliphatic heterocycles. The smallest absolute Gasteiger partial charge is 0.353 e. The van der Waals surface area contributed by atoms with Crippen molar-refractivity contribution in [1.29, 1.82) is 0 Å². The molecule has 1 N–H and O–H groups in total. The van der Waals surface area contributed by atoms with Crippen LogP contribution in [-0.2, 0) is 23.1 Å². The molecule has 64 heavy (non-hydrogen) atoms. The molecule has 1 atom stereocenters. The Morgan fingerprint density at radius 1 is 0.844 bits per heavy atom. The molecule has 15 nitrogen and oxygen atoms in total. The summed E-state index contributed by atoms with van der Waals surface area (Å²) in [7, 11) is 2.93. The maximum atomic E-state index is 16.2. The molecule has 17 heteroatoms. The molecule has 3 saturated heterocycles. The number of aryl methyl sites for hydroxylation is 1. The first-order valence-corrected chi connectivity index (χ1v) is 21.2. The van der Waals surface area contributed by atoms with Crippen molar-refractivity contribution in [3.63, 3.8) is 0 Å². The summed E-state index contributed by atoms with van der Waals surface area (Å²) >= 11 is 0. The molecule has 3 aromatic heterocycles. The maximum absolute atomic E-state index is 16.2. The second kappa shape index (κ2) is 17.4. The Morgan fingerprint density at radius 2 is 1.66 bits per heavy atom. The summed E-state index contributed by atoms with van der Waals surface area (Å²) in [6, 6.07) is 20.1. The van der Waals surface area contributed by atoms with E-state index < -0.39 is 29.1 Å². The minimum Gasteiger partial charge on any atom is -0.467 e. The lowest BCUT2D eigenvalue weighted by Crippen LogP contribution is -2.39. The first-order valence-electron chi connectivity index (χ1n) is 21.2. The molecule has 0 radical (unpaired) electrons. The molecule has 0 aliphatic carbocycles. The van der Waals surface area contributed by atoms with Crippen molar-refractivity contribution in [2.75, 3.05) is 48.0 Å². The summed E-state index contributed by atoms with van der Waals surface area (Å²) in [6.07, 6.45) is 7.14. The molecule has 6 aromatic rings. The van der Waals surface area contributed by atoms with E-state index in [9.17, 15) is 19.2 Å². The van der Waals surface area contributed by atoms with Gasteiger partial charge in [-0.3, -0.25) is 29.7 Å². The lowest BCUT2D eigenvalue weighted by atomic mass is 9.88. The van der Waals surface area contributed by atoms with Crippen molar-refractivity contribution in [3.05, 3.63) is 130 Å². The van der Waals surface area contributed by atoms with Crippen LogP contribution in [0.3, 0.4) is 0 Å². The van der Waals surface area contributed by atoms with E-state index in [0.29, 0.717) is 97.2 Å². The molecule has 3 aromatic carbocycles. The van der Waals surface area contributed by atoms with Gasteiger partial charge in [-0.05, 0) is 96.8 Å².